The van der Waals surface area contributed by atoms with Crippen molar-refractivity contribution in [3.05, 3.63) is 29.8 Å². The van der Waals surface area contributed by atoms with Crippen molar-refractivity contribution in [3.63, 3.8) is 0 Å². The first-order valence-corrected chi connectivity index (χ1v) is 10.1. The van der Waals surface area contributed by atoms with Crippen LogP contribution in [-0.4, -0.2) is 44.7 Å². The molecule has 0 bridgehead atoms. The Kier molecular flexibility index (Phi) is 6.73. The third-order valence-corrected chi connectivity index (χ3v) is 5.89. The molecule has 1 aromatic carbocycles. The number of nitrogens with one attached hydrogen (secondary N) is 2. The van der Waals surface area contributed by atoms with Crippen LogP contribution in [0.15, 0.2) is 29.2 Å². The Morgan fingerprint density at radius 1 is 1.15 bits per heavy atom. The van der Waals surface area contributed by atoms with Gasteiger partial charge in [0.05, 0.1) is 16.2 Å². The zero-order chi connectivity index (χ0) is 19.2. The van der Waals surface area contributed by atoms with E-state index in [0.717, 1.165) is 25.7 Å². The van der Waals surface area contributed by atoms with Crippen molar-refractivity contribution >= 4 is 27.7 Å². The van der Waals surface area contributed by atoms with Crippen LogP contribution >= 0.6 is 0 Å². The molecule has 1 saturated carbocycles. The molecule has 1 aliphatic carbocycles. The van der Waals surface area contributed by atoms with Crippen LogP contribution in [0.2, 0.25) is 0 Å². The minimum Gasteiger partial charge on any atom is -0.452 e. The van der Waals surface area contributed by atoms with Gasteiger partial charge < -0.3 is 10.1 Å². The molecule has 142 valence electrons. The number of imide groups is 1. The van der Waals surface area contributed by atoms with Gasteiger partial charge in [-0.25, -0.2) is 18.0 Å². The molecular formula is C17H22N2O6S. The monoisotopic (exact) mass is 382 g/mol. The Labute approximate surface area is 152 Å². The molecule has 0 unspecified atom stereocenters. The van der Waals surface area contributed by atoms with Crippen molar-refractivity contribution in [1.29, 1.82) is 0 Å². The summed E-state index contributed by atoms with van der Waals surface area (Å²) < 4.78 is 28.9. The van der Waals surface area contributed by atoms with Gasteiger partial charge in [-0.3, -0.25) is 10.1 Å². The molecular weight excluding hydrogens is 360 g/mol. The average molecular weight is 382 g/mol. The van der Waals surface area contributed by atoms with Crippen LogP contribution in [0.3, 0.4) is 0 Å². The largest absolute Gasteiger partial charge is 0.452 e. The molecule has 0 saturated heterocycles. The van der Waals surface area contributed by atoms with Crippen molar-refractivity contribution in [2.24, 2.45) is 0 Å². The Hall–Kier alpha value is -2.42. The second-order valence-corrected chi connectivity index (χ2v) is 8.23. The quantitative estimate of drug-likeness (QED) is 0.718. The highest BCUT2D eigenvalue weighted by atomic mass is 32.2. The van der Waals surface area contributed by atoms with Gasteiger partial charge in [0.25, 0.3) is 5.91 Å². The van der Waals surface area contributed by atoms with Crippen molar-refractivity contribution in [3.8, 4) is 0 Å². The molecule has 1 aromatic rings. The van der Waals surface area contributed by atoms with Gasteiger partial charge >= 0.3 is 12.0 Å². The van der Waals surface area contributed by atoms with Crippen LogP contribution in [0, 0.1) is 0 Å². The molecule has 1 aliphatic rings. The number of benzene rings is 1. The van der Waals surface area contributed by atoms with E-state index in [9.17, 15) is 22.8 Å². The predicted molar refractivity (Wildman–Crippen MR) is 93.4 cm³/mol. The summed E-state index contributed by atoms with van der Waals surface area (Å²) in [6, 6.07) is 5.04. The second kappa shape index (κ2) is 8.79. The third-order valence-electron chi connectivity index (χ3n) is 4.10. The van der Waals surface area contributed by atoms with Crippen LogP contribution in [0.25, 0.3) is 0 Å². The Bertz CT molecular complexity index is 784. The Balaban J connectivity index is 1.90. The molecule has 0 radical (unpaired) electrons. The summed E-state index contributed by atoms with van der Waals surface area (Å²) in [4.78, 5) is 35.4. The molecule has 0 heterocycles. The number of ether oxygens (including phenoxy) is 1. The van der Waals surface area contributed by atoms with Crippen LogP contribution in [-0.2, 0) is 19.4 Å². The standard InChI is InChI=1S/C17H22N2O6S/c1-2-26(23,24)14-10-6-5-9-13(14)16(21)25-11-15(20)19-17(22)18-12-7-3-4-8-12/h5-6,9-10,12H,2-4,7-8,11H2,1H3,(H2,18,19,20,22). The second-order valence-electron chi connectivity index (χ2n) is 5.98. The maximum absolute atomic E-state index is 12.1. The molecule has 1 fully saturated rings. The smallest absolute Gasteiger partial charge is 0.339 e. The van der Waals surface area contributed by atoms with Crippen LogP contribution in [0.5, 0.6) is 0 Å². The molecule has 0 aliphatic heterocycles. The van der Waals surface area contributed by atoms with Gasteiger partial charge in [0, 0.05) is 6.04 Å². The molecule has 0 spiro atoms. The number of sulfone groups is 1. The molecule has 8 nitrogen and oxygen atoms in total. The maximum atomic E-state index is 12.1. The summed E-state index contributed by atoms with van der Waals surface area (Å²) >= 11 is 0. The minimum atomic E-state index is -3.61. The summed E-state index contributed by atoms with van der Waals surface area (Å²) in [6.07, 6.45) is 3.83. The SMILES string of the molecule is CCS(=O)(=O)c1ccccc1C(=O)OCC(=O)NC(=O)NC1CCCC1. The Morgan fingerprint density at radius 2 is 1.81 bits per heavy atom. The number of carbonyl (C=O) groups excluding carboxylic acids is 3. The van der Waals surface area contributed by atoms with Gasteiger partial charge in [0.2, 0.25) is 0 Å². The van der Waals surface area contributed by atoms with Crippen molar-refractivity contribution in [2.75, 3.05) is 12.4 Å². The van der Waals surface area contributed by atoms with E-state index in [-0.39, 0.29) is 22.3 Å². The van der Waals surface area contributed by atoms with Crippen molar-refractivity contribution in [1.82, 2.24) is 10.6 Å². The highest BCUT2D eigenvalue weighted by Gasteiger charge is 2.23. The van der Waals surface area contributed by atoms with E-state index in [1.165, 1.54) is 31.2 Å². The van der Waals surface area contributed by atoms with E-state index in [0.29, 0.717) is 0 Å². The van der Waals surface area contributed by atoms with Gasteiger partial charge in [-0.2, -0.15) is 0 Å². The summed E-state index contributed by atoms with van der Waals surface area (Å²) in [5.41, 5.74) is -0.141. The maximum Gasteiger partial charge on any atom is 0.339 e. The number of esters is 1. The molecule has 9 heteroatoms. The molecule has 26 heavy (non-hydrogen) atoms. The van der Waals surface area contributed by atoms with Gasteiger partial charge in [-0.15, -0.1) is 0 Å². The normalized spacial score (nSPS) is 14.7. The number of hydrogen-bond donors (Lipinski definition) is 2. The van der Waals surface area contributed by atoms with Crippen LogP contribution < -0.4 is 10.6 Å². The summed E-state index contributed by atoms with van der Waals surface area (Å²) in [7, 11) is -3.61. The lowest BCUT2D eigenvalue weighted by Gasteiger charge is -2.12. The highest BCUT2D eigenvalue weighted by molar-refractivity contribution is 7.91. The number of hydrogen-bond acceptors (Lipinski definition) is 6. The number of rotatable bonds is 6. The van der Waals surface area contributed by atoms with Gasteiger partial charge in [-0.05, 0) is 25.0 Å². The first kappa shape index (κ1) is 19.9. The predicted octanol–water partition coefficient (Wildman–Crippen LogP) is 1.41. The van der Waals surface area contributed by atoms with E-state index in [2.05, 4.69) is 10.6 Å². The molecule has 2 N–H and O–H groups in total. The first-order chi connectivity index (χ1) is 12.3. The topological polar surface area (TPSA) is 119 Å². The first-order valence-electron chi connectivity index (χ1n) is 8.42. The van der Waals surface area contributed by atoms with Crippen LogP contribution in [0.1, 0.15) is 43.0 Å². The summed E-state index contributed by atoms with van der Waals surface area (Å²) in [5, 5.41) is 4.76. The van der Waals surface area contributed by atoms with E-state index in [4.69, 9.17) is 4.74 Å². The zero-order valence-corrected chi connectivity index (χ0v) is 15.3. The van der Waals surface area contributed by atoms with Gasteiger partial charge in [0.15, 0.2) is 16.4 Å². The fourth-order valence-electron chi connectivity index (χ4n) is 2.73. The van der Waals surface area contributed by atoms with Crippen molar-refractivity contribution in [2.45, 2.75) is 43.5 Å². The lowest BCUT2D eigenvalue weighted by Crippen LogP contribution is -2.45. The van der Waals surface area contributed by atoms with Crippen molar-refractivity contribution < 1.29 is 27.5 Å². The fourth-order valence-corrected chi connectivity index (χ4v) is 3.81. The number of amides is 3. The molecule has 0 atom stereocenters. The lowest BCUT2D eigenvalue weighted by atomic mass is 10.2. The zero-order valence-electron chi connectivity index (χ0n) is 14.5. The third kappa shape index (κ3) is 5.29. The molecule has 0 aromatic heterocycles. The fraction of sp³-hybridized carbons (Fsp3) is 0.471. The van der Waals surface area contributed by atoms with E-state index in [1.807, 2.05) is 0 Å². The Morgan fingerprint density at radius 3 is 2.46 bits per heavy atom. The minimum absolute atomic E-state index is 0.0523. The number of carbonyl (C=O) groups is 3. The van der Waals surface area contributed by atoms with E-state index < -0.39 is 34.4 Å². The summed E-state index contributed by atoms with van der Waals surface area (Å²) in [6.45, 7) is 0.783. The van der Waals surface area contributed by atoms with Gasteiger partial charge in [0.1, 0.15) is 0 Å². The number of urea groups is 1. The highest BCUT2D eigenvalue weighted by Crippen LogP contribution is 2.18. The van der Waals surface area contributed by atoms with Crippen LogP contribution in [0.4, 0.5) is 4.79 Å². The van der Waals surface area contributed by atoms with E-state index in [1.54, 1.807) is 0 Å². The lowest BCUT2D eigenvalue weighted by molar-refractivity contribution is -0.123. The molecule has 3 amide bonds. The van der Waals surface area contributed by atoms with Gasteiger partial charge in [-0.1, -0.05) is 31.9 Å². The summed E-state index contributed by atoms with van der Waals surface area (Å²) in [5.74, 6) is -1.90. The van der Waals surface area contributed by atoms with E-state index >= 15 is 0 Å². The molecule has 2 rings (SSSR count). The average Bonchev–Trinajstić information content (AvgIpc) is 3.12.